The second-order valence-corrected chi connectivity index (χ2v) is 7.63. The van der Waals surface area contributed by atoms with Gasteiger partial charge in [0.05, 0.1) is 5.56 Å². The molecule has 3 aromatic rings. The van der Waals surface area contributed by atoms with E-state index in [0.717, 1.165) is 21.9 Å². The fraction of sp³-hybridized carbons (Fsp3) is 0.182. The van der Waals surface area contributed by atoms with Crippen molar-refractivity contribution in [2.75, 3.05) is 11.1 Å². The lowest BCUT2D eigenvalue weighted by molar-refractivity contribution is 0.102. The molecule has 27 heavy (non-hydrogen) atoms. The lowest BCUT2D eigenvalue weighted by atomic mass is 10.0. The van der Waals surface area contributed by atoms with E-state index >= 15 is 0 Å². The van der Waals surface area contributed by atoms with Crippen LogP contribution < -0.4 is 11.1 Å². The summed E-state index contributed by atoms with van der Waals surface area (Å²) in [4.78, 5) is 17.8. The summed E-state index contributed by atoms with van der Waals surface area (Å²) in [5.41, 5.74) is 9.50. The first-order chi connectivity index (χ1) is 13.0. The standard InChI is InChI=1S/C22H23N3OS/c1-15(2)17-6-5-7-18(13-17)25-22(26)19-8-3-4-9-20(19)27-14-16-10-11-24-21(23)12-16/h3-13,15H,14H2,1-2H3,(H2,23,24)(H,25,26). The minimum absolute atomic E-state index is 0.103. The maximum Gasteiger partial charge on any atom is 0.256 e. The normalized spacial score (nSPS) is 10.8. The number of aromatic nitrogens is 1. The van der Waals surface area contributed by atoms with E-state index in [1.807, 2.05) is 54.6 Å². The molecule has 0 aliphatic rings. The van der Waals surface area contributed by atoms with Crippen LogP contribution in [-0.4, -0.2) is 10.9 Å². The Morgan fingerprint density at radius 3 is 2.70 bits per heavy atom. The topological polar surface area (TPSA) is 68.0 Å². The number of benzene rings is 2. The maximum atomic E-state index is 12.8. The number of amides is 1. The Bertz CT molecular complexity index is 940. The zero-order chi connectivity index (χ0) is 19.2. The van der Waals surface area contributed by atoms with Gasteiger partial charge in [0.15, 0.2) is 0 Å². The highest BCUT2D eigenvalue weighted by molar-refractivity contribution is 7.98. The first-order valence-corrected chi connectivity index (χ1v) is 9.85. The Morgan fingerprint density at radius 2 is 1.93 bits per heavy atom. The summed E-state index contributed by atoms with van der Waals surface area (Å²) >= 11 is 1.61. The van der Waals surface area contributed by atoms with Crippen LogP contribution in [-0.2, 0) is 5.75 Å². The molecule has 3 rings (SSSR count). The van der Waals surface area contributed by atoms with Crippen molar-refractivity contribution >= 4 is 29.2 Å². The largest absolute Gasteiger partial charge is 0.384 e. The summed E-state index contributed by atoms with van der Waals surface area (Å²) < 4.78 is 0. The van der Waals surface area contributed by atoms with E-state index in [1.54, 1.807) is 18.0 Å². The van der Waals surface area contributed by atoms with Gasteiger partial charge in [-0.15, -0.1) is 11.8 Å². The zero-order valence-corrected chi connectivity index (χ0v) is 16.3. The van der Waals surface area contributed by atoms with E-state index in [1.165, 1.54) is 5.56 Å². The molecule has 1 aromatic heterocycles. The van der Waals surface area contributed by atoms with Crippen molar-refractivity contribution < 1.29 is 4.79 Å². The SMILES string of the molecule is CC(C)c1cccc(NC(=O)c2ccccc2SCc2ccnc(N)c2)c1. The van der Waals surface area contributed by atoms with Crippen LogP contribution in [0.3, 0.4) is 0 Å². The first kappa shape index (κ1) is 19.0. The molecular formula is C22H23N3OS. The van der Waals surface area contributed by atoms with Crippen LogP contribution in [0.4, 0.5) is 11.5 Å². The summed E-state index contributed by atoms with van der Waals surface area (Å²) in [5.74, 6) is 1.54. The van der Waals surface area contributed by atoms with Crippen LogP contribution in [0.2, 0.25) is 0 Å². The van der Waals surface area contributed by atoms with Gasteiger partial charge in [-0.1, -0.05) is 38.1 Å². The Kier molecular flexibility index (Phi) is 6.14. The number of pyridine rings is 1. The predicted octanol–water partition coefficient (Wildman–Crippen LogP) is 5.33. The van der Waals surface area contributed by atoms with Crippen LogP contribution in [0.25, 0.3) is 0 Å². The molecule has 0 spiro atoms. The van der Waals surface area contributed by atoms with Crippen molar-refractivity contribution in [2.45, 2.75) is 30.4 Å². The van der Waals surface area contributed by atoms with E-state index in [9.17, 15) is 4.79 Å². The van der Waals surface area contributed by atoms with Crippen molar-refractivity contribution in [3.8, 4) is 0 Å². The number of carbonyl (C=O) groups is 1. The number of nitrogens with two attached hydrogens (primary N) is 1. The van der Waals surface area contributed by atoms with Crippen molar-refractivity contribution in [1.82, 2.24) is 4.98 Å². The minimum Gasteiger partial charge on any atom is -0.384 e. The number of nitrogens with zero attached hydrogens (tertiary/aromatic N) is 1. The number of hydrogen-bond acceptors (Lipinski definition) is 4. The van der Waals surface area contributed by atoms with E-state index in [2.05, 4.69) is 30.2 Å². The Labute approximate surface area is 164 Å². The molecule has 4 nitrogen and oxygen atoms in total. The zero-order valence-electron chi connectivity index (χ0n) is 15.5. The third-order valence-corrected chi connectivity index (χ3v) is 5.33. The molecule has 0 unspecified atom stereocenters. The summed E-state index contributed by atoms with van der Waals surface area (Å²) in [6.07, 6.45) is 1.70. The maximum absolute atomic E-state index is 12.8. The van der Waals surface area contributed by atoms with E-state index in [0.29, 0.717) is 17.3 Å². The molecule has 0 fully saturated rings. The van der Waals surface area contributed by atoms with Gasteiger partial charge in [-0.3, -0.25) is 4.79 Å². The highest BCUT2D eigenvalue weighted by atomic mass is 32.2. The van der Waals surface area contributed by atoms with Crippen LogP contribution in [0.5, 0.6) is 0 Å². The Balaban J connectivity index is 1.74. The molecule has 0 aliphatic carbocycles. The summed E-state index contributed by atoms with van der Waals surface area (Å²) in [6, 6.07) is 19.4. The van der Waals surface area contributed by atoms with E-state index in [-0.39, 0.29) is 5.91 Å². The van der Waals surface area contributed by atoms with Crippen molar-refractivity contribution in [2.24, 2.45) is 0 Å². The Morgan fingerprint density at radius 1 is 1.11 bits per heavy atom. The van der Waals surface area contributed by atoms with Gasteiger partial charge in [0.1, 0.15) is 5.82 Å². The molecule has 138 valence electrons. The van der Waals surface area contributed by atoms with Gasteiger partial charge >= 0.3 is 0 Å². The quantitative estimate of drug-likeness (QED) is 0.570. The number of thioether (sulfide) groups is 1. The highest BCUT2D eigenvalue weighted by Crippen LogP contribution is 2.27. The van der Waals surface area contributed by atoms with E-state index < -0.39 is 0 Å². The molecule has 0 bridgehead atoms. The second kappa shape index (κ2) is 8.73. The van der Waals surface area contributed by atoms with E-state index in [4.69, 9.17) is 5.73 Å². The van der Waals surface area contributed by atoms with Crippen LogP contribution in [0, 0.1) is 0 Å². The van der Waals surface area contributed by atoms with Crippen LogP contribution in [0.1, 0.15) is 41.3 Å². The first-order valence-electron chi connectivity index (χ1n) is 8.86. The Hall–Kier alpha value is -2.79. The number of nitrogens with one attached hydrogen (secondary N) is 1. The molecule has 5 heteroatoms. The van der Waals surface area contributed by atoms with Crippen LogP contribution >= 0.6 is 11.8 Å². The van der Waals surface area contributed by atoms with Gasteiger partial charge in [0.2, 0.25) is 0 Å². The molecule has 0 atom stereocenters. The molecule has 1 amide bonds. The van der Waals surface area contributed by atoms with Gasteiger partial charge in [-0.25, -0.2) is 4.98 Å². The molecule has 0 saturated carbocycles. The van der Waals surface area contributed by atoms with Gasteiger partial charge in [-0.2, -0.15) is 0 Å². The minimum atomic E-state index is -0.103. The van der Waals surface area contributed by atoms with Crippen LogP contribution in [0.15, 0.2) is 71.8 Å². The second-order valence-electron chi connectivity index (χ2n) is 6.61. The molecule has 0 saturated heterocycles. The lowest BCUT2D eigenvalue weighted by Crippen LogP contribution is -2.13. The molecule has 2 aromatic carbocycles. The monoisotopic (exact) mass is 377 g/mol. The molecule has 1 heterocycles. The number of hydrogen-bond donors (Lipinski definition) is 2. The molecular weight excluding hydrogens is 354 g/mol. The number of carbonyl (C=O) groups excluding carboxylic acids is 1. The average Bonchev–Trinajstić information content (AvgIpc) is 2.67. The summed E-state index contributed by atoms with van der Waals surface area (Å²) in [5, 5.41) is 3.02. The summed E-state index contributed by atoms with van der Waals surface area (Å²) in [6.45, 7) is 4.28. The smallest absolute Gasteiger partial charge is 0.256 e. The van der Waals surface area contributed by atoms with Gasteiger partial charge < -0.3 is 11.1 Å². The third-order valence-electron chi connectivity index (χ3n) is 4.18. The van der Waals surface area contributed by atoms with Crippen molar-refractivity contribution in [3.63, 3.8) is 0 Å². The van der Waals surface area contributed by atoms with Gasteiger partial charge in [-0.05, 0) is 53.4 Å². The fourth-order valence-electron chi connectivity index (χ4n) is 2.70. The lowest BCUT2D eigenvalue weighted by Gasteiger charge is -2.12. The van der Waals surface area contributed by atoms with Gasteiger partial charge in [0, 0.05) is 22.5 Å². The number of nitrogen functional groups attached to an aromatic ring is 1. The highest BCUT2D eigenvalue weighted by Gasteiger charge is 2.12. The van der Waals surface area contributed by atoms with Crippen molar-refractivity contribution in [3.05, 3.63) is 83.6 Å². The number of rotatable bonds is 6. The van der Waals surface area contributed by atoms with Crippen molar-refractivity contribution in [1.29, 1.82) is 0 Å². The number of anilines is 2. The van der Waals surface area contributed by atoms with Gasteiger partial charge in [0.25, 0.3) is 5.91 Å². The average molecular weight is 378 g/mol. The molecule has 3 N–H and O–H groups in total. The third kappa shape index (κ3) is 5.11. The molecule has 0 radical (unpaired) electrons. The summed E-state index contributed by atoms with van der Waals surface area (Å²) in [7, 11) is 0. The predicted molar refractivity (Wildman–Crippen MR) is 113 cm³/mol. The molecule has 0 aliphatic heterocycles. The fourth-order valence-corrected chi connectivity index (χ4v) is 3.69.